The Morgan fingerprint density at radius 2 is 2.04 bits per heavy atom. The van der Waals surface area contributed by atoms with E-state index in [2.05, 4.69) is 27.5 Å². The molecule has 1 aliphatic heterocycles. The average molecular weight is 339 g/mol. The van der Waals surface area contributed by atoms with Crippen molar-refractivity contribution in [3.63, 3.8) is 0 Å². The third kappa shape index (κ3) is 3.52. The Kier molecular flexibility index (Phi) is 4.42. The fourth-order valence-electron chi connectivity index (χ4n) is 3.89. The Bertz CT molecular complexity index is 761. The second-order valence-corrected chi connectivity index (χ2v) is 7.14. The molecule has 1 aliphatic carbocycles. The number of carbonyl (C=O) groups is 1. The second kappa shape index (κ2) is 6.86. The summed E-state index contributed by atoms with van der Waals surface area (Å²) in [7, 11) is 1.94. The van der Waals surface area contributed by atoms with Crippen molar-refractivity contribution in [2.75, 3.05) is 18.4 Å². The lowest BCUT2D eigenvalue weighted by atomic mass is 9.94. The molecule has 6 heteroatoms. The summed E-state index contributed by atoms with van der Waals surface area (Å²) in [5, 5.41) is 7.53. The van der Waals surface area contributed by atoms with Crippen molar-refractivity contribution in [3.05, 3.63) is 41.5 Å². The molecule has 4 rings (SSSR count). The maximum atomic E-state index is 12.6. The predicted molar refractivity (Wildman–Crippen MR) is 96.7 cm³/mol. The summed E-state index contributed by atoms with van der Waals surface area (Å²) in [6, 6.07) is 4.16. The molecular formula is C19H25N5O. The summed E-state index contributed by atoms with van der Waals surface area (Å²) in [5.41, 5.74) is 4.44. The van der Waals surface area contributed by atoms with E-state index in [1.54, 1.807) is 6.20 Å². The molecule has 2 amide bonds. The minimum absolute atomic E-state index is 0.0166. The number of amides is 2. The first kappa shape index (κ1) is 16.1. The number of anilines is 1. The number of rotatable bonds is 2. The number of nitrogens with one attached hydrogen (secondary N) is 1. The van der Waals surface area contributed by atoms with Crippen LogP contribution in [0.5, 0.6) is 0 Å². The molecule has 0 radical (unpaired) electrons. The van der Waals surface area contributed by atoms with Gasteiger partial charge in [0.05, 0.1) is 17.6 Å². The highest BCUT2D eigenvalue weighted by Crippen LogP contribution is 2.27. The van der Waals surface area contributed by atoms with Gasteiger partial charge in [-0.3, -0.25) is 9.67 Å². The van der Waals surface area contributed by atoms with E-state index in [1.807, 2.05) is 22.8 Å². The van der Waals surface area contributed by atoms with Crippen LogP contribution in [-0.4, -0.2) is 38.8 Å². The Morgan fingerprint density at radius 1 is 1.24 bits per heavy atom. The van der Waals surface area contributed by atoms with Gasteiger partial charge in [0.15, 0.2) is 0 Å². The number of urea groups is 1. The van der Waals surface area contributed by atoms with Gasteiger partial charge in [0, 0.05) is 37.9 Å². The van der Waals surface area contributed by atoms with Gasteiger partial charge in [-0.15, -0.1) is 0 Å². The van der Waals surface area contributed by atoms with E-state index in [4.69, 9.17) is 0 Å². The highest BCUT2D eigenvalue weighted by Gasteiger charge is 2.25. The van der Waals surface area contributed by atoms with Crippen molar-refractivity contribution in [2.24, 2.45) is 7.05 Å². The number of piperidine rings is 1. The number of pyridine rings is 1. The zero-order valence-electron chi connectivity index (χ0n) is 14.7. The van der Waals surface area contributed by atoms with Gasteiger partial charge in [-0.2, -0.15) is 5.10 Å². The first-order chi connectivity index (χ1) is 12.2. The third-order valence-corrected chi connectivity index (χ3v) is 5.36. The smallest absolute Gasteiger partial charge is 0.321 e. The predicted octanol–water partition coefficient (Wildman–Crippen LogP) is 3.11. The van der Waals surface area contributed by atoms with Gasteiger partial charge in [0.25, 0.3) is 0 Å². The van der Waals surface area contributed by atoms with Crippen molar-refractivity contribution >= 4 is 11.7 Å². The Balaban J connectivity index is 1.34. The fourth-order valence-corrected chi connectivity index (χ4v) is 3.89. The molecule has 2 aliphatic rings. The molecule has 6 nitrogen and oxygen atoms in total. The lowest BCUT2D eigenvalue weighted by Crippen LogP contribution is -2.40. The molecule has 1 N–H and O–H groups in total. The first-order valence-corrected chi connectivity index (χ1v) is 9.22. The van der Waals surface area contributed by atoms with Gasteiger partial charge in [0.1, 0.15) is 0 Å². The molecular weight excluding hydrogens is 314 g/mol. The summed E-state index contributed by atoms with van der Waals surface area (Å²) in [4.78, 5) is 19.0. The van der Waals surface area contributed by atoms with Gasteiger partial charge < -0.3 is 10.2 Å². The van der Waals surface area contributed by atoms with Crippen molar-refractivity contribution in [1.82, 2.24) is 19.7 Å². The van der Waals surface area contributed by atoms with E-state index in [9.17, 15) is 4.79 Å². The standard InChI is InChI=1S/C19H25N5O/c1-23-9-8-18(22-23)14-6-10-24(11-7-14)19(25)21-16-12-15-4-2-3-5-17(15)20-13-16/h8-9,12-14H,2-7,10-11H2,1H3,(H,21,25). The second-order valence-electron chi connectivity index (χ2n) is 7.14. The van der Waals surface area contributed by atoms with Gasteiger partial charge in [-0.05, 0) is 56.2 Å². The largest absolute Gasteiger partial charge is 0.324 e. The Morgan fingerprint density at radius 3 is 2.80 bits per heavy atom. The molecule has 0 saturated carbocycles. The molecule has 0 atom stereocenters. The number of fused-ring (bicyclic) bond motifs is 1. The van der Waals surface area contributed by atoms with E-state index in [0.29, 0.717) is 5.92 Å². The lowest BCUT2D eigenvalue weighted by Gasteiger charge is -2.31. The summed E-state index contributed by atoms with van der Waals surface area (Å²) in [5.74, 6) is 0.454. The molecule has 0 bridgehead atoms. The van der Waals surface area contributed by atoms with Crippen LogP contribution in [0.4, 0.5) is 10.5 Å². The van der Waals surface area contributed by atoms with E-state index >= 15 is 0 Å². The van der Waals surface area contributed by atoms with Crippen LogP contribution in [0.3, 0.4) is 0 Å². The first-order valence-electron chi connectivity index (χ1n) is 9.22. The van der Waals surface area contributed by atoms with Crippen LogP contribution >= 0.6 is 0 Å². The van der Waals surface area contributed by atoms with Crippen LogP contribution in [0.1, 0.15) is 48.6 Å². The van der Waals surface area contributed by atoms with E-state index in [0.717, 1.165) is 50.2 Å². The van der Waals surface area contributed by atoms with E-state index in [1.165, 1.54) is 24.1 Å². The molecule has 1 fully saturated rings. The molecule has 2 aromatic heterocycles. The normalized spacial score (nSPS) is 18.0. The molecule has 0 unspecified atom stereocenters. The average Bonchev–Trinajstić information content (AvgIpc) is 3.08. The van der Waals surface area contributed by atoms with E-state index in [-0.39, 0.29) is 6.03 Å². The molecule has 132 valence electrons. The van der Waals surface area contributed by atoms with Gasteiger partial charge in [-0.25, -0.2) is 4.79 Å². The number of likely N-dealkylation sites (tertiary alicyclic amines) is 1. The van der Waals surface area contributed by atoms with Crippen molar-refractivity contribution < 1.29 is 4.79 Å². The topological polar surface area (TPSA) is 63.1 Å². The molecule has 0 aromatic carbocycles. The zero-order chi connectivity index (χ0) is 17.2. The van der Waals surface area contributed by atoms with Gasteiger partial charge in [0.2, 0.25) is 0 Å². The lowest BCUT2D eigenvalue weighted by molar-refractivity contribution is 0.194. The van der Waals surface area contributed by atoms with Crippen LogP contribution in [0, 0.1) is 0 Å². The monoisotopic (exact) mass is 339 g/mol. The van der Waals surface area contributed by atoms with Crippen LogP contribution in [0.2, 0.25) is 0 Å². The van der Waals surface area contributed by atoms with Crippen LogP contribution in [0.15, 0.2) is 24.5 Å². The van der Waals surface area contributed by atoms with Crippen LogP contribution < -0.4 is 5.32 Å². The number of aromatic nitrogens is 3. The van der Waals surface area contributed by atoms with Crippen molar-refractivity contribution in [2.45, 2.75) is 44.4 Å². The zero-order valence-corrected chi connectivity index (χ0v) is 14.7. The van der Waals surface area contributed by atoms with E-state index < -0.39 is 0 Å². The maximum absolute atomic E-state index is 12.6. The SMILES string of the molecule is Cn1ccc(C2CCN(C(=O)Nc3cnc4c(c3)CCCC4)CC2)n1. The molecule has 2 aromatic rings. The van der Waals surface area contributed by atoms with Crippen molar-refractivity contribution in [1.29, 1.82) is 0 Å². The maximum Gasteiger partial charge on any atom is 0.321 e. The number of hydrogen-bond acceptors (Lipinski definition) is 3. The summed E-state index contributed by atoms with van der Waals surface area (Å²) in [6.07, 6.45) is 10.3. The fraction of sp³-hybridized carbons (Fsp3) is 0.526. The summed E-state index contributed by atoms with van der Waals surface area (Å²) < 4.78 is 1.84. The minimum Gasteiger partial charge on any atom is -0.324 e. The summed E-state index contributed by atoms with van der Waals surface area (Å²) in [6.45, 7) is 1.54. The van der Waals surface area contributed by atoms with Gasteiger partial charge >= 0.3 is 6.03 Å². The quantitative estimate of drug-likeness (QED) is 0.914. The molecule has 3 heterocycles. The Labute approximate surface area is 148 Å². The van der Waals surface area contributed by atoms with Crippen LogP contribution in [0.25, 0.3) is 0 Å². The highest BCUT2D eigenvalue weighted by atomic mass is 16.2. The van der Waals surface area contributed by atoms with Crippen molar-refractivity contribution in [3.8, 4) is 0 Å². The third-order valence-electron chi connectivity index (χ3n) is 5.36. The molecule has 1 saturated heterocycles. The number of carbonyl (C=O) groups excluding carboxylic acids is 1. The number of nitrogens with zero attached hydrogens (tertiary/aromatic N) is 4. The van der Waals surface area contributed by atoms with Crippen LogP contribution in [-0.2, 0) is 19.9 Å². The molecule has 25 heavy (non-hydrogen) atoms. The van der Waals surface area contributed by atoms with Gasteiger partial charge in [-0.1, -0.05) is 0 Å². The number of aryl methyl sites for hydroxylation is 3. The minimum atomic E-state index is -0.0166. The highest BCUT2D eigenvalue weighted by molar-refractivity contribution is 5.89. The Hall–Kier alpha value is -2.37. The molecule has 0 spiro atoms. The summed E-state index contributed by atoms with van der Waals surface area (Å²) >= 11 is 0. The number of hydrogen-bond donors (Lipinski definition) is 1.